The summed E-state index contributed by atoms with van der Waals surface area (Å²) >= 11 is 0. The lowest BCUT2D eigenvalue weighted by atomic mass is 9.99. The first-order chi connectivity index (χ1) is 53.6. The van der Waals surface area contributed by atoms with Crippen LogP contribution < -0.4 is 0 Å². The van der Waals surface area contributed by atoms with Crippen molar-refractivity contribution in [2.45, 2.75) is 515 Å². The van der Waals surface area contributed by atoms with Crippen molar-refractivity contribution in [3.63, 3.8) is 0 Å². The van der Waals surface area contributed by atoms with E-state index in [1.165, 1.54) is 321 Å². The number of carbonyl (C=O) groups excluding carboxylic acids is 4. The number of esters is 4. The quantitative estimate of drug-likeness (QED) is 0.0222. The van der Waals surface area contributed by atoms with Crippen LogP contribution in [-0.4, -0.2) is 96.7 Å². The molecule has 3 N–H and O–H groups in total. The van der Waals surface area contributed by atoms with Crippen molar-refractivity contribution in [2.75, 3.05) is 39.6 Å². The molecule has 0 heterocycles. The summed E-state index contributed by atoms with van der Waals surface area (Å²) in [5, 5.41) is 10.7. The lowest BCUT2D eigenvalue weighted by Gasteiger charge is -2.21. The van der Waals surface area contributed by atoms with Gasteiger partial charge in [0, 0.05) is 25.7 Å². The summed E-state index contributed by atoms with van der Waals surface area (Å²) in [7, 11) is -9.93. The van der Waals surface area contributed by atoms with Gasteiger partial charge in [-0.15, -0.1) is 0 Å². The predicted molar refractivity (Wildman–Crippen MR) is 455 cm³/mol. The molecule has 0 aliphatic rings. The number of rotatable bonds is 91. The first-order valence-corrected chi connectivity index (χ1v) is 50.2. The molecule has 0 aliphatic heterocycles. The number of hydrogen-bond donors (Lipinski definition) is 3. The Hall–Kier alpha value is -1.94. The third-order valence-electron chi connectivity index (χ3n) is 21.9. The molecule has 0 saturated heterocycles. The number of carbonyl (C=O) groups is 4. The van der Waals surface area contributed by atoms with E-state index in [4.69, 9.17) is 37.0 Å². The molecule has 110 heavy (non-hydrogen) atoms. The smallest absolute Gasteiger partial charge is 0.462 e. The van der Waals surface area contributed by atoms with Crippen molar-refractivity contribution >= 4 is 39.5 Å². The molecule has 0 aromatic heterocycles. The van der Waals surface area contributed by atoms with Crippen molar-refractivity contribution in [2.24, 2.45) is 5.92 Å². The number of phosphoric ester groups is 2. The average molecular weight is 1610 g/mol. The van der Waals surface area contributed by atoms with Gasteiger partial charge in [-0.05, 0) is 31.6 Å². The van der Waals surface area contributed by atoms with Gasteiger partial charge in [0.05, 0.1) is 26.4 Å². The standard InChI is InChI=1S/C91H178O17P2/c1-6-10-13-16-19-22-25-27-29-31-33-35-36-38-40-42-47-51-56-61-66-71-76-90(95)108-87(81-102-89(94)75-70-65-60-55-50-46-41-39-37-34-32-30-28-26-23-20-17-14-11-7-2)83-106-110(99,100)104-79-85(92)78-103-109(97,98)105-82-86(80-101-88(93)74-69-64-59-54-24-21-18-15-12-8-3)107-91(96)77-72-67-62-57-52-48-44-43-45-49-53-58-63-68-73-84(5)9-4/h84-87,92H,6-83H2,1-5H3,(H,97,98)(H,99,100)/t84?,85-,86+,87+/m0/s1. The number of aliphatic hydroxyl groups excluding tert-OH is 1. The van der Waals surface area contributed by atoms with Crippen LogP contribution in [0.1, 0.15) is 497 Å². The Kier molecular flexibility index (Phi) is 82.1. The maximum atomic E-state index is 13.2. The van der Waals surface area contributed by atoms with Crippen LogP contribution in [-0.2, 0) is 65.4 Å². The fraction of sp³-hybridized carbons (Fsp3) is 0.956. The highest BCUT2D eigenvalue weighted by Gasteiger charge is 2.31. The average Bonchev–Trinajstić information content (AvgIpc) is 0.901. The highest BCUT2D eigenvalue weighted by atomic mass is 31.2. The Bertz CT molecular complexity index is 2080. The highest BCUT2D eigenvalue weighted by Crippen LogP contribution is 2.45. The molecule has 3 unspecified atom stereocenters. The maximum Gasteiger partial charge on any atom is 0.472 e. The molecule has 0 saturated carbocycles. The number of phosphoric acid groups is 2. The van der Waals surface area contributed by atoms with E-state index in [0.29, 0.717) is 25.7 Å². The van der Waals surface area contributed by atoms with Crippen LogP contribution in [0.2, 0.25) is 0 Å². The van der Waals surface area contributed by atoms with Gasteiger partial charge in [0.2, 0.25) is 0 Å². The molecule has 17 nitrogen and oxygen atoms in total. The summed E-state index contributed by atoms with van der Waals surface area (Å²) in [5.74, 6) is -1.25. The van der Waals surface area contributed by atoms with Crippen LogP contribution in [0.15, 0.2) is 0 Å². The second-order valence-electron chi connectivity index (χ2n) is 32.9. The minimum absolute atomic E-state index is 0.108. The van der Waals surface area contributed by atoms with Gasteiger partial charge in [-0.25, -0.2) is 9.13 Å². The first kappa shape index (κ1) is 108. The van der Waals surface area contributed by atoms with Crippen LogP contribution in [0.5, 0.6) is 0 Å². The van der Waals surface area contributed by atoms with E-state index in [-0.39, 0.29) is 25.7 Å². The summed E-state index contributed by atoms with van der Waals surface area (Å²) < 4.78 is 69.0. The Morgan fingerprint density at radius 2 is 0.436 bits per heavy atom. The Labute approximate surface area is 677 Å². The number of hydrogen-bond acceptors (Lipinski definition) is 15. The summed E-state index contributed by atoms with van der Waals surface area (Å²) in [6.45, 7) is 7.44. The lowest BCUT2D eigenvalue weighted by molar-refractivity contribution is -0.161. The van der Waals surface area contributed by atoms with E-state index >= 15 is 0 Å². The monoisotopic (exact) mass is 1610 g/mol. The maximum absolute atomic E-state index is 13.2. The normalized spacial score (nSPS) is 13.9. The molecular weight excluding hydrogens is 1430 g/mol. The molecule has 19 heteroatoms. The molecule has 0 radical (unpaired) electrons. The van der Waals surface area contributed by atoms with Gasteiger partial charge in [0.1, 0.15) is 19.3 Å². The van der Waals surface area contributed by atoms with Gasteiger partial charge in [-0.2, -0.15) is 0 Å². The fourth-order valence-corrected chi connectivity index (χ4v) is 15.9. The molecule has 0 bridgehead atoms. The van der Waals surface area contributed by atoms with Crippen molar-refractivity contribution in [1.29, 1.82) is 0 Å². The molecular formula is C91H178O17P2. The zero-order valence-corrected chi connectivity index (χ0v) is 74.2. The van der Waals surface area contributed by atoms with Crippen molar-refractivity contribution in [3.8, 4) is 0 Å². The minimum Gasteiger partial charge on any atom is -0.462 e. The summed E-state index contributed by atoms with van der Waals surface area (Å²) in [5.41, 5.74) is 0. The van der Waals surface area contributed by atoms with E-state index in [1.807, 2.05) is 0 Å². The van der Waals surface area contributed by atoms with E-state index in [9.17, 15) is 43.2 Å². The zero-order valence-electron chi connectivity index (χ0n) is 72.4. The first-order valence-electron chi connectivity index (χ1n) is 47.2. The Balaban J connectivity index is 5.21. The summed E-state index contributed by atoms with van der Waals surface area (Å²) in [6.07, 6.45) is 79.3. The second-order valence-corrected chi connectivity index (χ2v) is 35.8. The predicted octanol–water partition coefficient (Wildman–Crippen LogP) is 28.3. The van der Waals surface area contributed by atoms with E-state index < -0.39 is 97.5 Å². The SMILES string of the molecule is CCCCCCCCCCCCCCCCCCCCCCCCC(=O)O[C@H](COC(=O)CCCCCCCCCCCCCCCCCCCCCC)COP(=O)(O)OC[C@@H](O)COP(=O)(O)OC[C@@H](COC(=O)CCCCCCCCCCCC)OC(=O)CCCCCCCCCCCCCCCCC(C)CC. The summed E-state index contributed by atoms with van der Waals surface area (Å²) in [6, 6.07) is 0. The zero-order chi connectivity index (χ0) is 80.4. The Morgan fingerprint density at radius 3 is 0.645 bits per heavy atom. The van der Waals surface area contributed by atoms with Gasteiger partial charge in [0.15, 0.2) is 12.2 Å². The molecule has 0 fully saturated rings. The molecule has 654 valence electrons. The van der Waals surface area contributed by atoms with E-state index in [1.54, 1.807) is 0 Å². The lowest BCUT2D eigenvalue weighted by Crippen LogP contribution is -2.30. The van der Waals surface area contributed by atoms with Crippen LogP contribution in [0.25, 0.3) is 0 Å². The minimum atomic E-state index is -4.97. The van der Waals surface area contributed by atoms with E-state index in [2.05, 4.69) is 34.6 Å². The molecule has 0 spiro atoms. The van der Waals surface area contributed by atoms with Gasteiger partial charge >= 0.3 is 39.5 Å². The molecule has 6 atom stereocenters. The Morgan fingerprint density at radius 1 is 0.255 bits per heavy atom. The highest BCUT2D eigenvalue weighted by molar-refractivity contribution is 7.47. The third-order valence-corrected chi connectivity index (χ3v) is 23.8. The van der Waals surface area contributed by atoms with Crippen LogP contribution in [0.4, 0.5) is 0 Å². The number of aliphatic hydroxyl groups is 1. The van der Waals surface area contributed by atoms with Crippen molar-refractivity contribution in [3.05, 3.63) is 0 Å². The molecule has 0 aliphatic carbocycles. The third kappa shape index (κ3) is 82.6. The van der Waals surface area contributed by atoms with Gasteiger partial charge in [0.25, 0.3) is 0 Å². The molecule has 0 aromatic carbocycles. The largest absolute Gasteiger partial charge is 0.472 e. The van der Waals surface area contributed by atoms with Gasteiger partial charge in [-0.3, -0.25) is 37.3 Å². The van der Waals surface area contributed by atoms with Crippen LogP contribution in [0, 0.1) is 5.92 Å². The topological polar surface area (TPSA) is 237 Å². The van der Waals surface area contributed by atoms with Crippen LogP contribution in [0.3, 0.4) is 0 Å². The summed E-state index contributed by atoms with van der Waals surface area (Å²) in [4.78, 5) is 73.4. The van der Waals surface area contributed by atoms with Crippen LogP contribution >= 0.6 is 15.6 Å². The number of unbranched alkanes of at least 4 members (excludes halogenated alkanes) is 62. The molecule has 0 rings (SSSR count). The van der Waals surface area contributed by atoms with Crippen molar-refractivity contribution < 1.29 is 80.2 Å². The second kappa shape index (κ2) is 83.5. The van der Waals surface area contributed by atoms with Gasteiger partial charge < -0.3 is 33.8 Å². The number of ether oxygens (including phenoxy) is 4. The fourth-order valence-electron chi connectivity index (χ4n) is 14.3. The van der Waals surface area contributed by atoms with Crippen molar-refractivity contribution in [1.82, 2.24) is 0 Å². The molecule has 0 amide bonds. The van der Waals surface area contributed by atoms with E-state index in [0.717, 1.165) is 95.8 Å². The molecule has 0 aromatic rings. The van der Waals surface area contributed by atoms with Gasteiger partial charge in [-0.1, -0.05) is 446 Å².